The molecule has 5 nitrogen and oxygen atoms in total. The molecule has 0 fully saturated rings. The van der Waals surface area contributed by atoms with E-state index >= 15 is 0 Å². The van der Waals surface area contributed by atoms with Crippen LogP contribution in [-0.2, 0) is 19.1 Å². The molecular weight excluding hydrogens is 813 g/mol. The molecule has 0 aliphatic rings. The maximum Gasteiger partial charge on any atom is 0.306 e. The average Bonchev–Trinajstić information content (AvgIpc) is 3.32. The summed E-state index contributed by atoms with van der Waals surface area (Å²) >= 11 is 0. The number of ether oxygens (including phenoxy) is 2. The van der Waals surface area contributed by atoms with Gasteiger partial charge in [0.2, 0.25) is 0 Å². The minimum atomic E-state index is -0.779. The van der Waals surface area contributed by atoms with Gasteiger partial charge in [0.15, 0.2) is 6.10 Å². The van der Waals surface area contributed by atoms with Crippen LogP contribution < -0.4 is 0 Å². The second-order valence-electron chi connectivity index (χ2n) is 18.6. The van der Waals surface area contributed by atoms with E-state index in [1.807, 2.05) is 0 Å². The number of rotatable bonds is 51. The van der Waals surface area contributed by atoms with Gasteiger partial charge in [0, 0.05) is 12.8 Å². The lowest BCUT2D eigenvalue weighted by Crippen LogP contribution is -2.28. The lowest BCUT2D eigenvalue weighted by molar-refractivity contribution is -0.161. The second kappa shape index (κ2) is 56.4. The Labute approximate surface area is 409 Å². The molecule has 0 aromatic rings. The van der Waals surface area contributed by atoms with Crippen LogP contribution in [0.4, 0.5) is 0 Å². The maximum absolute atomic E-state index is 12.3. The largest absolute Gasteiger partial charge is 0.462 e. The topological polar surface area (TPSA) is 72.8 Å². The first-order valence-electron chi connectivity index (χ1n) is 28.1. The summed E-state index contributed by atoms with van der Waals surface area (Å²) in [6, 6.07) is 0. The summed E-state index contributed by atoms with van der Waals surface area (Å²) in [6.07, 6.45) is 78.3. The fourth-order valence-electron chi connectivity index (χ4n) is 7.97. The van der Waals surface area contributed by atoms with Crippen molar-refractivity contribution in [3.05, 3.63) is 85.1 Å². The lowest BCUT2D eigenvalue weighted by Gasteiger charge is -2.15. The highest BCUT2D eigenvalue weighted by Gasteiger charge is 2.16. The van der Waals surface area contributed by atoms with Gasteiger partial charge in [0.25, 0.3) is 0 Å². The summed E-state index contributed by atoms with van der Waals surface area (Å²) in [5, 5.41) is 9.65. The van der Waals surface area contributed by atoms with Crippen molar-refractivity contribution in [2.75, 3.05) is 13.2 Å². The van der Waals surface area contributed by atoms with E-state index in [-0.39, 0.29) is 25.2 Å². The van der Waals surface area contributed by atoms with Crippen molar-refractivity contribution in [3.8, 4) is 0 Å². The number of carbonyl (C=O) groups excluding carboxylic acids is 2. The number of hydrogen-bond donors (Lipinski definition) is 1. The second-order valence-corrected chi connectivity index (χ2v) is 18.6. The van der Waals surface area contributed by atoms with Crippen LogP contribution >= 0.6 is 0 Å². The van der Waals surface area contributed by atoms with Crippen molar-refractivity contribution in [3.63, 3.8) is 0 Å². The minimum absolute atomic E-state index is 0.0700. The molecule has 0 radical (unpaired) electrons. The van der Waals surface area contributed by atoms with Gasteiger partial charge >= 0.3 is 11.9 Å². The van der Waals surface area contributed by atoms with Crippen LogP contribution in [0.5, 0.6) is 0 Å². The van der Waals surface area contributed by atoms with E-state index in [4.69, 9.17) is 9.47 Å². The Kier molecular flexibility index (Phi) is 53.9. The number of allylic oxidation sites excluding steroid dienone is 14. The Balaban J connectivity index is 3.50. The van der Waals surface area contributed by atoms with Crippen LogP contribution in [0.2, 0.25) is 0 Å². The average molecular weight is 920 g/mol. The van der Waals surface area contributed by atoms with Crippen molar-refractivity contribution in [2.45, 2.75) is 277 Å². The molecule has 1 unspecified atom stereocenters. The van der Waals surface area contributed by atoms with Crippen molar-refractivity contribution in [1.29, 1.82) is 0 Å². The Morgan fingerprint density at radius 1 is 0.364 bits per heavy atom. The summed E-state index contributed by atoms with van der Waals surface area (Å²) < 4.78 is 10.7. The van der Waals surface area contributed by atoms with Gasteiger partial charge in [-0.1, -0.05) is 253 Å². The van der Waals surface area contributed by atoms with Gasteiger partial charge in [0.1, 0.15) is 6.61 Å². The normalized spacial score (nSPS) is 12.8. The monoisotopic (exact) mass is 919 g/mol. The molecule has 66 heavy (non-hydrogen) atoms. The van der Waals surface area contributed by atoms with E-state index < -0.39 is 6.10 Å². The molecule has 0 bridgehead atoms. The molecule has 0 saturated carbocycles. The number of carbonyl (C=O) groups is 2. The van der Waals surface area contributed by atoms with Gasteiger partial charge in [-0.2, -0.15) is 0 Å². The minimum Gasteiger partial charge on any atom is -0.462 e. The first-order chi connectivity index (χ1) is 32.6. The van der Waals surface area contributed by atoms with E-state index in [9.17, 15) is 14.7 Å². The Hall–Kier alpha value is -2.92. The van der Waals surface area contributed by atoms with Crippen molar-refractivity contribution >= 4 is 11.9 Å². The fourth-order valence-corrected chi connectivity index (χ4v) is 7.97. The highest BCUT2D eigenvalue weighted by Crippen LogP contribution is 2.16. The molecule has 0 saturated heterocycles. The van der Waals surface area contributed by atoms with Crippen molar-refractivity contribution < 1.29 is 24.2 Å². The highest BCUT2D eigenvalue weighted by atomic mass is 16.6. The first-order valence-corrected chi connectivity index (χ1v) is 28.1. The molecule has 380 valence electrons. The molecule has 0 spiro atoms. The van der Waals surface area contributed by atoms with Gasteiger partial charge in [0.05, 0.1) is 6.61 Å². The number of hydrogen-bond acceptors (Lipinski definition) is 5. The summed E-state index contributed by atoms with van der Waals surface area (Å²) in [6.45, 7) is 4.03. The molecule has 0 heterocycles. The van der Waals surface area contributed by atoms with Gasteiger partial charge in [-0.3, -0.25) is 9.59 Å². The van der Waals surface area contributed by atoms with Crippen LogP contribution in [0.3, 0.4) is 0 Å². The van der Waals surface area contributed by atoms with Crippen LogP contribution in [0, 0.1) is 0 Å². The molecular formula is C61H106O5. The summed E-state index contributed by atoms with van der Waals surface area (Å²) in [4.78, 5) is 24.5. The standard InChI is InChI=1S/C61H106O5/c1-3-5-7-9-11-13-15-17-19-21-23-25-27-28-29-30-31-32-34-35-37-39-41-43-45-47-49-51-53-55-60(63)65-58-59(57-62)66-61(64)56-54-52-50-48-46-44-42-40-38-36-33-26-24-22-20-18-16-14-12-10-8-6-4-2/h6,8,12,14-15,17-18,20-21,23-24,26-28,59,62H,3-5,7,9-11,13,16,19,22,25,29-58H2,1-2H3/b8-6-,14-12-,17-15-,20-18-,23-21-,26-24-,28-27-. The maximum atomic E-state index is 12.3. The fraction of sp³-hybridized carbons (Fsp3) is 0.738. The van der Waals surface area contributed by atoms with Crippen LogP contribution in [0.25, 0.3) is 0 Å². The molecule has 5 heteroatoms. The molecule has 0 aromatic heterocycles. The first kappa shape index (κ1) is 63.1. The van der Waals surface area contributed by atoms with Gasteiger partial charge < -0.3 is 14.6 Å². The zero-order valence-corrected chi connectivity index (χ0v) is 43.4. The van der Waals surface area contributed by atoms with Crippen molar-refractivity contribution in [1.82, 2.24) is 0 Å². The number of esters is 2. The van der Waals surface area contributed by atoms with Gasteiger partial charge in [-0.25, -0.2) is 0 Å². The van der Waals surface area contributed by atoms with Crippen LogP contribution in [0.15, 0.2) is 85.1 Å². The molecule has 0 aliphatic heterocycles. The van der Waals surface area contributed by atoms with Crippen molar-refractivity contribution in [2.24, 2.45) is 0 Å². The third kappa shape index (κ3) is 53.7. The molecule has 0 amide bonds. The number of aliphatic hydroxyl groups is 1. The summed E-state index contributed by atoms with van der Waals surface area (Å²) in [5.74, 6) is -0.592. The molecule has 0 rings (SSSR count). The Morgan fingerprint density at radius 3 is 0.985 bits per heavy atom. The van der Waals surface area contributed by atoms with Gasteiger partial charge in [-0.15, -0.1) is 0 Å². The van der Waals surface area contributed by atoms with Crippen LogP contribution in [0.1, 0.15) is 271 Å². The zero-order chi connectivity index (χ0) is 47.7. The summed E-state index contributed by atoms with van der Waals surface area (Å²) in [5.41, 5.74) is 0. The van der Waals surface area contributed by atoms with E-state index in [0.29, 0.717) is 12.8 Å². The Morgan fingerprint density at radius 2 is 0.652 bits per heavy atom. The molecule has 1 N–H and O–H groups in total. The smallest absolute Gasteiger partial charge is 0.306 e. The molecule has 0 aliphatic carbocycles. The number of aliphatic hydroxyl groups excluding tert-OH is 1. The predicted octanol–water partition coefficient (Wildman–Crippen LogP) is 19.0. The Bertz CT molecular complexity index is 1220. The third-order valence-corrected chi connectivity index (χ3v) is 12.2. The van der Waals surface area contributed by atoms with Crippen LogP contribution in [-0.4, -0.2) is 36.4 Å². The van der Waals surface area contributed by atoms with E-state index in [0.717, 1.165) is 77.0 Å². The predicted molar refractivity (Wildman–Crippen MR) is 288 cm³/mol. The zero-order valence-electron chi connectivity index (χ0n) is 43.4. The molecule has 1 atom stereocenters. The van der Waals surface area contributed by atoms with E-state index in [1.54, 1.807) is 0 Å². The number of unbranched alkanes of at least 4 members (excludes halogenated alkanes) is 29. The van der Waals surface area contributed by atoms with E-state index in [1.165, 1.54) is 167 Å². The van der Waals surface area contributed by atoms with Gasteiger partial charge in [-0.05, 0) is 89.9 Å². The molecule has 0 aromatic carbocycles. The summed E-state index contributed by atoms with van der Waals surface area (Å²) in [7, 11) is 0. The quantitative estimate of drug-likeness (QED) is 0.0374. The third-order valence-electron chi connectivity index (χ3n) is 12.2. The van der Waals surface area contributed by atoms with E-state index in [2.05, 4.69) is 98.9 Å². The lowest BCUT2D eigenvalue weighted by atomic mass is 10.0. The SMILES string of the molecule is CC/C=C\C/C=C\C/C=C\C/C=C\CCCCCCCCCCCCC(=O)OC(CO)COC(=O)CCCCCCCCCCCCCCCC/C=C\C/C=C\C/C=C\CCCCCCC. The highest BCUT2D eigenvalue weighted by molar-refractivity contribution is 5.70.